The Kier molecular flexibility index (Phi) is 4.41. The minimum atomic E-state index is -0.503. The first kappa shape index (κ1) is 15.5. The third kappa shape index (κ3) is 3.41. The number of hydrogen-bond donors (Lipinski definition) is 0. The van der Waals surface area contributed by atoms with E-state index in [4.69, 9.17) is 4.74 Å². The second-order valence-electron chi connectivity index (χ2n) is 5.04. The second kappa shape index (κ2) is 6.26. The minimum Gasteiger partial charge on any atom is -0.423 e. The highest BCUT2D eigenvalue weighted by atomic mass is 16.6. The van der Waals surface area contributed by atoms with E-state index in [1.54, 1.807) is 25.1 Å². The molecule has 2 aromatic carbocycles. The zero-order chi connectivity index (χ0) is 16.3. The number of anilines is 1. The fraction of sp³-hybridized carbons (Fsp3) is 0.188. The number of esters is 1. The van der Waals surface area contributed by atoms with Crippen molar-refractivity contribution in [2.45, 2.75) is 6.92 Å². The normalized spacial score (nSPS) is 10.1. The first-order chi connectivity index (χ1) is 10.4. The molecular formula is C16H16N2O4. The van der Waals surface area contributed by atoms with Crippen molar-refractivity contribution in [3.63, 3.8) is 0 Å². The maximum Gasteiger partial charge on any atom is 0.343 e. The van der Waals surface area contributed by atoms with Crippen LogP contribution in [0.4, 0.5) is 11.4 Å². The van der Waals surface area contributed by atoms with Crippen LogP contribution in [0.1, 0.15) is 15.9 Å². The summed E-state index contributed by atoms with van der Waals surface area (Å²) in [5, 5.41) is 10.8. The number of benzene rings is 2. The van der Waals surface area contributed by atoms with E-state index in [1.807, 2.05) is 25.1 Å². The smallest absolute Gasteiger partial charge is 0.343 e. The molecule has 2 aromatic rings. The third-order valence-corrected chi connectivity index (χ3v) is 3.17. The SMILES string of the molecule is Cc1cc(OC(=O)c2cccc(N(C)C)c2)ccc1[N+](=O)[O-]. The molecule has 0 spiro atoms. The van der Waals surface area contributed by atoms with E-state index in [-0.39, 0.29) is 11.4 Å². The zero-order valence-corrected chi connectivity index (χ0v) is 12.6. The van der Waals surface area contributed by atoms with Gasteiger partial charge in [-0.1, -0.05) is 6.07 Å². The molecule has 0 saturated carbocycles. The molecule has 0 unspecified atom stereocenters. The molecule has 2 rings (SSSR count). The van der Waals surface area contributed by atoms with E-state index in [2.05, 4.69) is 0 Å². The Labute approximate surface area is 128 Å². The summed E-state index contributed by atoms with van der Waals surface area (Å²) in [6, 6.07) is 11.3. The number of carbonyl (C=O) groups is 1. The van der Waals surface area contributed by atoms with Gasteiger partial charge < -0.3 is 9.64 Å². The lowest BCUT2D eigenvalue weighted by Crippen LogP contribution is -2.12. The Bertz CT molecular complexity index is 726. The number of aryl methyl sites for hydroxylation is 1. The van der Waals surface area contributed by atoms with Crippen LogP contribution in [0.2, 0.25) is 0 Å². The predicted octanol–water partition coefficient (Wildman–Crippen LogP) is 3.19. The lowest BCUT2D eigenvalue weighted by Gasteiger charge is -2.13. The lowest BCUT2D eigenvalue weighted by atomic mass is 10.2. The Morgan fingerprint density at radius 3 is 2.50 bits per heavy atom. The molecular weight excluding hydrogens is 284 g/mol. The van der Waals surface area contributed by atoms with Gasteiger partial charge in [0.05, 0.1) is 10.5 Å². The molecule has 0 bridgehead atoms. The fourth-order valence-electron chi connectivity index (χ4n) is 1.97. The number of nitrogens with zero attached hydrogens (tertiary/aromatic N) is 2. The number of carbonyl (C=O) groups excluding carboxylic acids is 1. The van der Waals surface area contributed by atoms with Gasteiger partial charge in [-0.2, -0.15) is 0 Å². The monoisotopic (exact) mass is 300 g/mol. The van der Waals surface area contributed by atoms with Crippen LogP contribution in [0.15, 0.2) is 42.5 Å². The first-order valence-corrected chi connectivity index (χ1v) is 6.63. The highest BCUT2D eigenvalue weighted by Crippen LogP contribution is 2.24. The molecule has 0 amide bonds. The molecule has 114 valence electrons. The average Bonchev–Trinajstić information content (AvgIpc) is 2.47. The molecule has 0 N–H and O–H groups in total. The molecule has 0 atom stereocenters. The average molecular weight is 300 g/mol. The van der Waals surface area contributed by atoms with Gasteiger partial charge in [0, 0.05) is 31.4 Å². The van der Waals surface area contributed by atoms with Crippen LogP contribution < -0.4 is 9.64 Å². The molecule has 6 heteroatoms. The lowest BCUT2D eigenvalue weighted by molar-refractivity contribution is -0.385. The maximum atomic E-state index is 12.1. The molecule has 0 saturated heterocycles. The van der Waals surface area contributed by atoms with E-state index in [0.29, 0.717) is 11.1 Å². The summed E-state index contributed by atoms with van der Waals surface area (Å²) < 4.78 is 5.27. The van der Waals surface area contributed by atoms with Crippen molar-refractivity contribution in [1.29, 1.82) is 0 Å². The van der Waals surface area contributed by atoms with Crippen LogP contribution in [0, 0.1) is 17.0 Å². The Morgan fingerprint density at radius 1 is 1.18 bits per heavy atom. The van der Waals surface area contributed by atoms with Crippen molar-refractivity contribution in [1.82, 2.24) is 0 Å². The summed E-state index contributed by atoms with van der Waals surface area (Å²) >= 11 is 0. The van der Waals surface area contributed by atoms with Gasteiger partial charge >= 0.3 is 5.97 Å². The number of nitro benzene ring substituents is 1. The molecule has 0 aliphatic rings. The summed E-state index contributed by atoms with van der Waals surface area (Å²) in [6.45, 7) is 1.60. The van der Waals surface area contributed by atoms with Crippen molar-refractivity contribution in [2.75, 3.05) is 19.0 Å². The quantitative estimate of drug-likeness (QED) is 0.375. The fourth-order valence-corrected chi connectivity index (χ4v) is 1.97. The third-order valence-electron chi connectivity index (χ3n) is 3.17. The zero-order valence-electron chi connectivity index (χ0n) is 12.6. The Balaban J connectivity index is 2.20. The molecule has 0 aliphatic heterocycles. The van der Waals surface area contributed by atoms with Gasteiger partial charge in [0.15, 0.2) is 0 Å². The predicted molar refractivity (Wildman–Crippen MR) is 83.6 cm³/mol. The molecule has 0 aromatic heterocycles. The van der Waals surface area contributed by atoms with Crippen LogP contribution >= 0.6 is 0 Å². The van der Waals surface area contributed by atoms with E-state index in [9.17, 15) is 14.9 Å². The molecule has 0 radical (unpaired) electrons. The van der Waals surface area contributed by atoms with Crippen LogP contribution in [-0.4, -0.2) is 25.0 Å². The number of ether oxygens (including phenoxy) is 1. The summed E-state index contributed by atoms with van der Waals surface area (Å²) in [5.41, 5.74) is 1.74. The summed E-state index contributed by atoms with van der Waals surface area (Å²) in [6.07, 6.45) is 0. The standard InChI is InChI=1S/C16H16N2O4/c1-11-9-14(7-8-15(11)18(20)21)22-16(19)12-5-4-6-13(10-12)17(2)3/h4-10H,1-3H3. The van der Waals surface area contributed by atoms with Gasteiger partial charge in [-0.15, -0.1) is 0 Å². The van der Waals surface area contributed by atoms with Gasteiger partial charge in [0.1, 0.15) is 5.75 Å². The first-order valence-electron chi connectivity index (χ1n) is 6.63. The van der Waals surface area contributed by atoms with E-state index >= 15 is 0 Å². The van der Waals surface area contributed by atoms with Crippen molar-refractivity contribution >= 4 is 17.3 Å². The molecule has 6 nitrogen and oxygen atoms in total. The van der Waals surface area contributed by atoms with Crippen LogP contribution in [-0.2, 0) is 0 Å². The van der Waals surface area contributed by atoms with Gasteiger partial charge in [0.25, 0.3) is 5.69 Å². The van der Waals surface area contributed by atoms with E-state index in [1.165, 1.54) is 18.2 Å². The molecule has 22 heavy (non-hydrogen) atoms. The molecule has 0 heterocycles. The van der Waals surface area contributed by atoms with Crippen LogP contribution in [0.5, 0.6) is 5.75 Å². The van der Waals surface area contributed by atoms with Crippen molar-refractivity contribution in [3.05, 3.63) is 63.7 Å². The largest absolute Gasteiger partial charge is 0.423 e. The van der Waals surface area contributed by atoms with Gasteiger partial charge in [-0.3, -0.25) is 10.1 Å². The van der Waals surface area contributed by atoms with Crippen LogP contribution in [0.25, 0.3) is 0 Å². The molecule has 0 aliphatic carbocycles. The van der Waals surface area contributed by atoms with Gasteiger partial charge in [0.2, 0.25) is 0 Å². The summed E-state index contributed by atoms with van der Waals surface area (Å²) in [4.78, 5) is 24.3. The second-order valence-corrected chi connectivity index (χ2v) is 5.04. The Hall–Kier alpha value is -2.89. The van der Waals surface area contributed by atoms with E-state index < -0.39 is 10.9 Å². The highest BCUT2D eigenvalue weighted by molar-refractivity contribution is 5.92. The number of hydrogen-bond acceptors (Lipinski definition) is 5. The van der Waals surface area contributed by atoms with Crippen molar-refractivity contribution in [2.24, 2.45) is 0 Å². The maximum absolute atomic E-state index is 12.1. The molecule has 0 fully saturated rings. The van der Waals surface area contributed by atoms with Crippen molar-refractivity contribution < 1.29 is 14.5 Å². The van der Waals surface area contributed by atoms with Crippen LogP contribution in [0.3, 0.4) is 0 Å². The number of nitro groups is 1. The summed E-state index contributed by atoms with van der Waals surface area (Å²) in [7, 11) is 3.76. The topological polar surface area (TPSA) is 72.7 Å². The highest BCUT2D eigenvalue weighted by Gasteiger charge is 2.14. The minimum absolute atomic E-state index is 0.00518. The van der Waals surface area contributed by atoms with Gasteiger partial charge in [-0.25, -0.2) is 4.79 Å². The van der Waals surface area contributed by atoms with Gasteiger partial charge in [-0.05, 0) is 37.3 Å². The van der Waals surface area contributed by atoms with Crippen molar-refractivity contribution in [3.8, 4) is 5.75 Å². The van der Waals surface area contributed by atoms with E-state index in [0.717, 1.165) is 5.69 Å². The number of rotatable bonds is 4. The summed E-state index contributed by atoms with van der Waals surface area (Å²) in [5.74, 6) is -0.222. The Morgan fingerprint density at radius 2 is 1.91 bits per heavy atom.